The molecule has 5 aromatic rings. The molecule has 170 valence electrons. The summed E-state index contributed by atoms with van der Waals surface area (Å²) in [4.78, 5) is 16.7. The third-order valence-corrected chi connectivity index (χ3v) is 6.69. The van der Waals surface area contributed by atoms with Gasteiger partial charge in [-0.3, -0.25) is 0 Å². The zero-order valence-corrected chi connectivity index (χ0v) is 19.5. The molecule has 34 heavy (non-hydrogen) atoms. The zero-order valence-electron chi connectivity index (χ0n) is 19.5. The number of benzene rings is 4. The lowest BCUT2D eigenvalue weighted by Crippen LogP contribution is -2.09. The molecule has 0 saturated carbocycles. The number of hydrogen-bond donors (Lipinski definition) is 1. The van der Waals surface area contributed by atoms with Crippen LogP contribution < -0.4 is 0 Å². The van der Waals surface area contributed by atoms with E-state index in [2.05, 4.69) is 66.9 Å². The molecule has 0 aliphatic rings. The Morgan fingerprint density at radius 3 is 2.32 bits per heavy atom. The van der Waals surface area contributed by atoms with Crippen LogP contribution in [0.3, 0.4) is 0 Å². The van der Waals surface area contributed by atoms with Gasteiger partial charge in [0.25, 0.3) is 0 Å². The first-order chi connectivity index (χ1) is 16.5. The quantitative estimate of drug-likeness (QED) is 0.287. The van der Waals surface area contributed by atoms with Gasteiger partial charge in [-0.25, -0.2) is 9.78 Å². The fourth-order valence-electron chi connectivity index (χ4n) is 4.54. The van der Waals surface area contributed by atoms with E-state index in [1.165, 1.54) is 10.8 Å². The number of carboxylic acids is 1. The molecule has 4 aromatic carbocycles. The van der Waals surface area contributed by atoms with Crippen LogP contribution in [0.25, 0.3) is 32.9 Å². The van der Waals surface area contributed by atoms with Crippen molar-refractivity contribution in [2.45, 2.75) is 33.2 Å². The van der Waals surface area contributed by atoms with Crippen LogP contribution in [0.4, 0.5) is 0 Å². The fraction of sp³-hybridized carbons (Fsp3) is 0.200. The van der Waals surface area contributed by atoms with E-state index in [0.717, 1.165) is 52.9 Å². The average molecular weight is 449 g/mol. The monoisotopic (exact) mass is 448 g/mol. The number of carbonyl (C=O) groups is 1. The zero-order chi connectivity index (χ0) is 23.7. The van der Waals surface area contributed by atoms with Gasteiger partial charge < -0.3 is 9.67 Å². The second-order valence-electron chi connectivity index (χ2n) is 9.07. The third-order valence-electron chi connectivity index (χ3n) is 6.69. The van der Waals surface area contributed by atoms with Crippen molar-refractivity contribution in [1.29, 1.82) is 0 Å². The molecule has 1 N–H and O–H groups in total. The van der Waals surface area contributed by atoms with E-state index in [9.17, 15) is 9.90 Å². The van der Waals surface area contributed by atoms with Crippen LogP contribution in [0.15, 0.2) is 84.9 Å². The largest absolute Gasteiger partial charge is 0.478 e. The lowest BCUT2D eigenvalue weighted by Gasteiger charge is -2.13. The van der Waals surface area contributed by atoms with Crippen molar-refractivity contribution >= 4 is 27.8 Å². The van der Waals surface area contributed by atoms with Gasteiger partial charge in [0.15, 0.2) is 0 Å². The van der Waals surface area contributed by atoms with Crippen LogP contribution >= 0.6 is 0 Å². The summed E-state index contributed by atoms with van der Waals surface area (Å²) >= 11 is 0. The Kier molecular flexibility index (Phi) is 5.89. The lowest BCUT2D eigenvalue weighted by molar-refractivity contribution is 0.0697. The normalized spacial score (nSPS) is 12.3. The van der Waals surface area contributed by atoms with Crippen LogP contribution in [-0.2, 0) is 13.0 Å². The minimum atomic E-state index is -0.911. The lowest BCUT2D eigenvalue weighted by atomic mass is 9.98. The van der Waals surface area contributed by atoms with E-state index >= 15 is 0 Å². The van der Waals surface area contributed by atoms with E-state index in [1.807, 2.05) is 24.3 Å². The summed E-state index contributed by atoms with van der Waals surface area (Å²) < 4.78 is 2.34. The first kappa shape index (κ1) is 21.9. The van der Waals surface area contributed by atoms with Gasteiger partial charge in [0, 0.05) is 13.0 Å². The number of aromatic carboxylic acids is 1. The van der Waals surface area contributed by atoms with E-state index in [4.69, 9.17) is 4.98 Å². The summed E-state index contributed by atoms with van der Waals surface area (Å²) in [6.07, 6.45) is 2.05. The molecule has 0 aliphatic heterocycles. The van der Waals surface area contributed by atoms with Gasteiger partial charge in [-0.2, -0.15) is 0 Å². The number of hydrogen-bond acceptors (Lipinski definition) is 2. The second-order valence-corrected chi connectivity index (χ2v) is 9.07. The highest BCUT2D eigenvalue weighted by atomic mass is 16.4. The summed E-state index contributed by atoms with van der Waals surface area (Å²) in [5.74, 6) is 0.756. The van der Waals surface area contributed by atoms with Gasteiger partial charge in [-0.05, 0) is 51.6 Å². The number of aromatic nitrogens is 2. The van der Waals surface area contributed by atoms with E-state index in [-0.39, 0.29) is 0 Å². The van der Waals surface area contributed by atoms with Crippen LogP contribution in [0.5, 0.6) is 0 Å². The number of nitrogens with zero attached hydrogens (tertiary/aromatic N) is 2. The molecular weight excluding hydrogens is 420 g/mol. The first-order valence-electron chi connectivity index (χ1n) is 11.8. The van der Waals surface area contributed by atoms with Crippen LogP contribution in [0, 0.1) is 5.92 Å². The van der Waals surface area contributed by atoms with Gasteiger partial charge >= 0.3 is 5.97 Å². The molecule has 0 aliphatic carbocycles. The van der Waals surface area contributed by atoms with Gasteiger partial charge in [0.2, 0.25) is 0 Å². The van der Waals surface area contributed by atoms with Crippen LogP contribution in [-0.4, -0.2) is 20.6 Å². The van der Waals surface area contributed by atoms with Gasteiger partial charge in [-0.1, -0.05) is 87.0 Å². The minimum absolute atomic E-state index is 0.318. The SMILES string of the molecule is CCC(C)Cc1nc2cc3ccccc3cc2n1Cc1ccc(-c2ccccc2C(=O)O)cc1. The average Bonchev–Trinajstić information content (AvgIpc) is 3.18. The number of rotatable bonds is 7. The van der Waals surface area contributed by atoms with Crippen molar-refractivity contribution in [2.75, 3.05) is 0 Å². The molecule has 4 heteroatoms. The van der Waals surface area contributed by atoms with Gasteiger partial charge in [0.05, 0.1) is 16.6 Å². The van der Waals surface area contributed by atoms with E-state index in [0.29, 0.717) is 11.5 Å². The summed E-state index contributed by atoms with van der Waals surface area (Å²) in [5.41, 5.74) is 5.30. The van der Waals surface area contributed by atoms with Crippen molar-refractivity contribution < 1.29 is 9.90 Å². The van der Waals surface area contributed by atoms with Crippen molar-refractivity contribution in [1.82, 2.24) is 9.55 Å². The molecule has 0 radical (unpaired) electrons. The number of imidazole rings is 1. The standard InChI is InChI=1S/C30H28N2O2/c1-3-20(2)16-29-31-27-17-23-8-4-5-9-24(23)18-28(27)32(29)19-21-12-14-22(15-13-21)25-10-6-7-11-26(25)30(33)34/h4-15,17-18,20H,3,16,19H2,1-2H3,(H,33,34). The molecule has 0 spiro atoms. The Morgan fingerprint density at radius 1 is 0.941 bits per heavy atom. The number of carboxylic acid groups (broad SMARTS) is 1. The molecule has 4 nitrogen and oxygen atoms in total. The molecule has 0 fully saturated rings. The Hall–Kier alpha value is -3.92. The van der Waals surface area contributed by atoms with E-state index < -0.39 is 5.97 Å². The fourth-order valence-corrected chi connectivity index (χ4v) is 4.54. The molecule has 0 saturated heterocycles. The highest BCUT2D eigenvalue weighted by molar-refractivity contribution is 5.96. The van der Waals surface area contributed by atoms with E-state index in [1.54, 1.807) is 12.1 Å². The van der Waals surface area contributed by atoms with Gasteiger partial charge in [-0.15, -0.1) is 0 Å². The van der Waals surface area contributed by atoms with Gasteiger partial charge in [0.1, 0.15) is 5.82 Å². The van der Waals surface area contributed by atoms with Crippen LogP contribution in [0.2, 0.25) is 0 Å². The summed E-state index contributed by atoms with van der Waals surface area (Å²) in [6, 6.07) is 28.2. The molecule has 1 heterocycles. The van der Waals surface area contributed by atoms with Crippen molar-refractivity contribution in [3.8, 4) is 11.1 Å². The predicted octanol–water partition coefficient (Wildman–Crippen LogP) is 7.19. The highest BCUT2D eigenvalue weighted by Crippen LogP contribution is 2.28. The van der Waals surface area contributed by atoms with Crippen molar-refractivity contribution in [3.05, 3.63) is 102 Å². The molecular formula is C30H28N2O2. The molecule has 0 bridgehead atoms. The summed E-state index contributed by atoms with van der Waals surface area (Å²) in [7, 11) is 0. The highest BCUT2D eigenvalue weighted by Gasteiger charge is 2.15. The second kappa shape index (κ2) is 9.14. The Labute approximate surface area is 199 Å². The Balaban J connectivity index is 1.54. The molecule has 1 unspecified atom stereocenters. The predicted molar refractivity (Wildman–Crippen MR) is 138 cm³/mol. The Bertz CT molecular complexity index is 1480. The maximum atomic E-state index is 11.6. The third kappa shape index (κ3) is 4.19. The van der Waals surface area contributed by atoms with Crippen LogP contribution in [0.1, 0.15) is 42.0 Å². The molecule has 0 amide bonds. The van der Waals surface area contributed by atoms with Crippen molar-refractivity contribution in [2.24, 2.45) is 5.92 Å². The topological polar surface area (TPSA) is 55.1 Å². The maximum Gasteiger partial charge on any atom is 0.336 e. The first-order valence-corrected chi connectivity index (χ1v) is 11.8. The summed E-state index contributed by atoms with van der Waals surface area (Å²) in [5, 5.41) is 12.0. The Morgan fingerprint density at radius 2 is 1.62 bits per heavy atom. The minimum Gasteiger partial charge on any atom is -0.478 e. The van der Waals surface area contributed by atoms with Crippen molar-refractivity contribution in [3.63, 3.8) is 0 Å². The maximum absolute atomic E-state index is 11.6. The summed E-state index contributed by atoms with van der Waals surface area (Å²) in [6.45, 7) is 5.22. The smallest absolute Gasteiger partial charge is 0.336 e. The molecule has 1 atom stereocenters. The number of fused-ring (bicyclic) bond motifs is 2. The molecule has 5 rings (SSSR count). The molecule has 1 aromatic heterocycles.